The van der Waals surface area contributed by atoms with E-state index in [0.29, 0.717) is 67.1 Å². The molecule has 6 nitrogen and oxygen atoms in total. The zero-order chi connectivity index (χ0) is 42.9. The third-order valence-electron chi connectivity index (χ3n) is 12.7. The molecule has 6 unspecified atom stereocenters. The molecule has 0 heterocycles. The van der Waals surface area contributed by atoms with Gasteiger partial charge in [-0.05, 0) is 179 Å². The van der Waals surface area contributed by atoms with Gasteiger partial charge >= 0.3 is 11.9 Å². The highest BCUT2D eigenvalue weighted by atomic mass is 79.9. The molecule has 0 amide bonds. The summed E-state index contributed by atoms with van der Waals surface area (Å²) in [7, 11) is 0. The topological polar surface area (TPSA) is 71.1 Å². The second kappa shape index (κ2) is 20.1. The van der Waals surface area contributed by atoms with Gasteiger partial charge in [-0.2, -0.15) is 0 Å². The maximum absolute atomic E-state index is 14.1. The van der Waals surface area contributed by atoms with Crippen molar-refractivity contribution >= 4 is 75.7 Å². The van der Waals surface area contributed by atoms with Crippen LogP contribution in [0.5, 0.6) is 11.5 Å². The van der Waals surface area contributed by atoms with E-state index < -0.39 is 11.9 Å². The normalized spacial score (nSPS) is 22.4. The van der Waals surface area contributed by atoms with E-state index in [2.05, 4.69) is 131 Å². The standard InChI is InChI=1S/C48H62Br4O6/c1-23(2)33-15-13-25(5)17-35(33)55-21-37(53)57-47-41(39-27(7)19-29(9)43(49)31(39)11)46(52)48(42(45(47)51)40-28(8)20-30(10)44(50)32(40)12)58-38(54)22-56-36-18-26(6)14-16-34(36)24(3)4/h19-20,23-26,33-36H,13-18,21-22H2,1-12H3. The average Bonchev–Trinajstić information content (AvgIpc) is 3.15. The number of hydrogen-bond donors (Lipinski definition) is 0. The molecule has 2 aliphatic rings. The van der Waals surface area contributed by atoms with E-state index in [9.17, 15) is 9.59 Å². The molecule has 2 aliphatic carbocycles. The molecule has 2 saturated carbocycles. The molecule has 5 rings (SSSR count). The van der Waals surface area contributed by atoms with Gasteiger partial charge in [-0.15, -0.1) is 0 Å². The van der Waals surface area contributed by atoms with Crippen molar-refractivity contribution in [2.45, 2.75) is 134 Å². The van der Waals surface area contributed by atoms with Crippen LogP contribution >= 0.6 is 63.7 Å². The van der Waals surface area contributed by atoms with Crippen LogP contribution in [-0.4, -0.2) is 37.4 Å². The Hall–Kier alpha value is -1.56. The summed E-state index contributed by atoms with van der Waals surface area (Å²) >= 11 is 15.6. The van der Waals surface area contributed by atoms with E-state index in [0.717, 1.165) is 79.1 Å². The smallest absolute Gasteiger partial charge is 0.337 e. The first-order chi connectivity index (χ1) is 27.2. The van der Waals surface area contributed by atoms with Crippen LogP contribution in [0.1, 0.15) is 113 Å². The quantitative estimate of drug-likeness (QED) is 0.133. The van der Waals surface area contributed by atoms with Crippen LogP contribution in [0.4, 0.5) is 0 Å². The summed E-state index contributed by atoms with van der Waals surface area (Å²) in [5, 5.41) is 0. The second-order valence-corrected chi connectivity index (χ2v) is 21.2. The van der Waals surface area contributed by atoms with Gasteiger partial charge in [-0.1, -0.05) is 98.4 Å². The molecule has 0 radical (unpaired) electrons. The first-order valence-electron chi connectivity index (χ1n) is 21.0. The lowest BCUT2D eigenvalue weighted by atomic mass is 9.75. The highest BCUT2D eigenvalue weighted by Gasteiger charge is 2.36. The summed E-state index contributed by atoms with van der Waals surface area (Å²) in [6.07, 6.45) is 6.29. The molecule has 6 atom stereocenters. The minimum absolute atomic E-state index is 0.0223. The van der Waals surface area contributed by atoms with Gasteiger partial charge in [0, 0.05) is 20.1 Å². The predicted molar refractivity (Wildman–Crippen MR) is 250 cm³/mol. The summed E-state index contributed by atoms with van der Waals surface area (Å²) in [5.41, 5.74) is 8.91. The molecular formula is C48H62Br4O6. The molecule has 0 aliphatic heterocycles. The van der Waals surface area contributed by atoms with Crippen LogP contribution in [0.25, 0.3) is 22.3 Å². The van der Waals surface area contributed by atoms with Gasteiger partial charge in [0.2, 0.25) is 0 Å². The number of halogens is 4. The molecular weight excluding hydrogens is 992 g/mol. The first-order valence-corrected chi connectivity index (χ1v) is 24.1. The number of rotatable bonds is 12. The Balaban J connectivity index is 1.67. The van der Waals surface area contributed by atoms with Crippen LogP contribution in [0.3, 0.4) is 0 Å². The van der Waals surface area contributed by atoms with Crippen molar-refractivity contribution < 1.29 is 28.5 Å². The van der Waals surface area contributed by atoms with E-state index in [1.165, 1.54) is 12.8 Å². The molecule has 0 saturated heterocycles. The minimum Gasteiger partial charge on any atom is -0.423 e. The largest absolute Gasteiger partial charge is 0.423 e. The minimum atomic E-state index is -0.500. The fourth-order valence-electron chi connectivity index (χ4n) is 9.63. The van der Waals surface area contributed by atoms with Gasteiger partial charge < -0.3 is 18.9 Å². The predicted octanol–water partition coefficient (Wildman–Crippen LogP) is 14.7. The number of aryl methyl sites for hydroxylation is 4. The van der Waals surface area contributed by atoms with Crippen molar-refractivity contribution in [1.82, 2.24) is 0 Å². The highest BCUT2D eigenvalue weighted by Crippen LogP contribution is 2.57. The third kappa shape index (κ3) is 10.4. The molecule has 10 heteroatoms. The molecule has 0 aromatic heterocycles. The number of esters is 2. The Morgan fingerprint density at radius 3 is 1.22 bits per heavy atom. The Kier molecular flexibility index (Phi) is 16.4. The van der Waals surface area contributed by atoms with Gasteiger partial charge in [-0.3, -0.25) is 0 Å². The second-order valence-electron chi connectivity index (χ2n) is 18.0. The summed E-state index contributed by atoms with van der Waals surface area (Å²) in [6, 6.07) is 4.21. The Labute approximate surface area is 381 Å². The van der Waals surface area contributed by atoms with Crippen molar-refractivity contribution in [3.05, 3.63) is 63.4 Å². The lowest BCUT2D eigenvalue weighted by Crippen LogP contribution is -2.36. The molecule has 0 spiro atoms. The Morgan fingerprint density at radius 2 is 0.897 bits per heavy atom. The maximum atomic E-state index is 14.1. The van der Waals surface area contributed by atoms with Gasteiger partial charge in [-0.25, -0.2) is 9.59 Å². The first kappa shape index (κ1) is 47.5. The molecule has 0 N–H and O–H groups in total. The van der Waals surface area contributed by atoms with Crippen LogP contribution in [-0.2, 0) is 19.1 Å². The van der Waals surface area contributed by atoms with E-state index in [-0.39, 0.29) is 25.4 Å². The maximum Gasteiger partial charge on any atom is 0.337 e. The number of ether oxygens (including phenoxy) is 4. The summed E-state index contributed by atoms with van der Waals surface area (Å²) in [6.45, 7) is 25.3. The molecule has 58 heavy (non-hydrogen) atoms. The Morgan fingerprint density at radius 1 is 0.552 bits per heavy atom. The van der Waals surface area contributed by atoms with Crippen LogP contribution in [0.15, 0.2) is 30.0 Å². The molecule has 3 aromatic rings. The number of benzene rings is 3. The zero-order valence-corrected chi connectivity index (χ0v) is 42.7. The zero-order valence-electron chi connectivity index (χ0n) is 36.4. The van der Waals surface area contributed by atoms with Crippen LogP contribution in [0, 0.1) is 77.0 Å². The van der Waals surface area contributed by atoms with Gasteiger partial charge in [0.25, 0.3) is 0 Å². The van der Waals surface area contributed by atoms with E-state index in [4.69, 9.17) is 18.9 Å². The van der Waals surface area contributed by atoms with E-state index in [1.807, 2.05) is 27.7 Å². The van der Waals surface area contributed by atoms with Crippen molar-refractivity contribution in [3.63, 3.8) is 0 Å². The van der Waals surface area contributed by atoms with Crippen molar-refractivity contribution in [2.75, 3.05) is 13.2 Å². The average molecular weight is 1050 g/mol. The van der Waals surface area contributed by atoms with Crippen molar-refractivity contribution in [2.24, 2.45) is 35.5 Å². The molecule has 3 aromatic carbocycles. The lowest BCUT2D eigenvalue weighted by molar-refractivity contribution is -0.145. The van der Waals surface area contributed by atoms with E-state index >= 15 is 0 Å². The highest BCUT2D eigenvalue weighted by molar-refractivity contribution is 9.11. The Bertz CT molecular complexity index is 1880. The number of carbonyl (C=O) groups is 2. The van der Waals surface area contributed by atoms with Gasteiger partial charge in [0.15, 0.2) is 11.5 Å². The summed E-state index contributed by atoms with van der Waals surface area (Å²) in [5.74, 6) is 2.35. The van der Waals surface area contributed by atoms with Crippen LogP contribution in [0.2, 0.25) is 0 Å². The molecule has 2 fully saturated rings. The number of carbonyl (C=O) groups excluding carboxylic acids is 2. The van der Waals surface area contributed by atoms with Crippen molar-refractivity contribution in [3.8, 4) is 33.8 Å². The fourth-order valence-corrected chi connectivity index (χ4v) is 11.6. The molecule has 318 valence electrons. The number of hydrogen-bond acceptors (Lipinski definition) is 6. The van der Waals surface area contributed by atoms with Gasteiger partial charge in [0.05, 0.1) is 21.2 Å². The summed E-state index contributed by atoms with van der Waals surface area (Å²) in [4.78, 5) is 28.3. The van der Waals surface area contributed by atoms with Gasteiger partial charge in [0.1, 0.15) is 13.2 Å². The van der Waals surface area contributed by atoms with E-state index in [1.54, 1.807) is 0 Å². The fraction of sp³-hybridized carbons (Fsp3) is 0.583. The SMILES string of the molecule is Cc1cc(C)c(-c2c(Br)c(OC(=O)COC3CC(C)CCC3C(C)C)c(-c3c(C)cc(C)c(Br)c3C)c(Br)c2OC(=O)COC2CC(C)CCC2C(C)C)c(C)c1Br. The van der Waals surface area contributed by atoms with Crippen LogP contribution < -0.4 is 9.47 Å². The summed E-state index contributed by atoms with van der Waals surface area (Å²) < 4.78 is 28.7. The lowest BCUT2D eigenvalue weighted by Gasteiger charge is -2.37. The monoisotopic (exact) mass is 1050 g/mol. The third-order valence-corrected chi connectivity index (χ3v) is 16.7. The molecule has 0 bridgehead atoms. The van der Waals surface area contributed by atoms with Crippen molar-refractivity contribution in [1.29, 1.82) is 0 Å².